The lowest BCUT2D eigenvalue weighted by Gasteiger charge is -2.31. The molecule has 1 N–H and O–H groups in total. The number of fused-ring (bicyclic) bond motifs is 1. The van der Waals surface area contributed by atoms with Crippen molar-refractivity contribution in [2.75, 3.05) is 0 Å². The molecule has 0 bridgehead atoms. The van der Waals surface area contributed by atoms with E-state index in [4.69, 9.17) is 28.3 Å². The summed E-state index contributed by atoms with van der Waals surface area (Å²) in [4.78, 5) is 41.5. The van der Waals surface area contributed by atoms with Gasteiger partial charge in [-0.3, -0.25) is 18.7 Å². The van der Waals surface area contributed by atoms with Crippen molar-refractivity contribution in [3.63, 3.8) is 0 Å². The van der Waals surface area contributed by atoms with Gasteiger partial charge in [0, 0.05) is 20.0 Å². The van der Waals surface area contributed by atoms with Crippen LogP contribution in [0.1, 0.15) is 30.1 Å². The summed E-state index contributed by atoms with van der Waals surface area (Å²) >= 11 is 12.0. The third-order valence-corrected chi connectivity index (χ3v) is 6.31. The van der Waals surface area contributed by atoms with Gasteiger partial charge in [0.25, 0.3) is 5.56 Å². The van der Waals surface area contributed by atoms with E-state index in [2.05, 4.69) is 4.98 Å². The Morgan fingerprint density at radius 3 is 2.48 bits per heavy atom. The molecule has 1 aliphatic rings. The third kappa shape index (κ3) is 3.16. The van der Waals surface area contributed by atoms with Crippen LogP contribution < -0.4 is 11.2 Å². The second kappa shape index (κ2) is 7.03. The first kappa shape index (κ1) is 19.7. The minimum absolute atomic E-state index is 0.0450. The number of aliphatic carboxylic acids is 1. The normalized spacial score (nSPS) is 18.8. The summed E-state index contributed by atoms with van der Waals surface area (Å²) in [5, 5.41) is 9.84. The zero-order valence-corrected chi connectivity index (χ0v) is 17.2. The fraction of sp³-hybridized carbons (Fsp3) is 0.368. The number of rotatable bonds is 4. The van der Waals surface area contributed by atoms with Gasteiger partial charge in [-0.05, 0) is 30.5 Å². The monoisotopic (exact) mass is 436 g/mol. The molecule has 1 aromatic carbocycles. The summed E-state index contributed by atoms with van der Waals surface area (Å²) in [5.74, 6) is -0.644. The minimum Gasteiger partial charge on any atom is -0.481 e. The molecule has 152 valence electrons. The molecule has 0 aliphatic heterocycles. The number of benzene rings is 1. The van der Waals surface area contributed by atoms with Crippen molar-refractivity contribution in [1.29, 1.82) is 0 Å². The first-order valence-corrected chi connectivity index (χ1v) is 9.77. The van der Waals surface area contributed by atoms with Crippen LogP contribution in [0.4, 0.5) is 0 Å². The molecule has 0 unspecified atom stereocenters. The number of nitrogens with zero attached hydrogens (tertiary/aromatic N) is 4. The molecule has 0 amide bonds. The van der Waals surface area contributed by atoms with Crippen LogP contribution in [0, 0.1) is 5.92 Å². The minimum atomic E-state index is -0.823. The van der Waals surface area contributed by atoms with Crippen molar-refractivity contribution >= 4 is 40.3 Å². The maximum absolute atomic E-state index is 13.1. The van der Waals surface area contributed by atoms with Crippen molar-refractivity contribution < 1.29 is 9.90 Å². The molecule has 0 atom stereocenters. The molecule has 29 heavy (non-hydrogen) atoms. The van der Waals surface area contributed by atoms with E-state index in [1.165, 1.54) is 4.57 Å². The predicted octanol–water partition coefficient (Wildman–Crippen LogP) is 2.37. The summed E-state index contributed by atoms with van der Waals surface area (Å²) in [6.45, 7) is 0.0450. The van der Waals surface area contributed by atoms with Crippen molar-refractivity contribution in [2.45, 2.75) is 25.3 Å². The van der Waals surface area contributed by atoms with Crippen LogP contribution >= 0.6 is 23.2 Å². The predicted molar refractivity (Wildman–Crippen MR) is 109 cm³/mol. The molecule has 2 aromatic heterocycles. The van der Waals surface area contributed by atoms with E-state index < -0.39 is 23.1 Å². The lowest BCUT2D eigenvalue weighted by Crippen LogP contribution is -2.39. The average molecular weight is 437 g/mol. The first-order valence-electron chi connectivity index (χ1n) is 9.02. The van der Waals surface area contributed by atoms with Crippen LogP contribution in [0.15, 0.2) is 27.8 Å². The third-order valence-electron chi connectivity index (χ3n) is 5.57. The number of halogens is 2. The van der Waals surface area contributed by atoms with Gasteiger partial charge in [-0.2, -0.15) is 0 Å². The average Bonchev–Trinajstić information content (AvgIpc) is 2.96. The summed E-state index contributed by atoms with van der Waals surface area (Å²) in [7, 11) is 3.28. The smallest absolute Gasteiger partial charge is 0.332 e. The first-order chi connectivity index (χ1) is 13.7. The molecule has 1 saturated carbocycles. The summed E-state index contributed by atoms with van der Waals surface area (Å²) in [5.41, 5.74) is 0.325. The van der Waals surface area contributed by atoms with Crippen molar-refractivity contribution in [1.82, 2.24) is 18.7 Å². The molecule has 8 nitrogen and oxygen atoms in total. The van der Waals surface area contributed by atoms with Gasteiger partial charge in [0.15, 0.2) is 11.2 Å². The van der Waals surface area contributed by atoms with E-state index >= 15 is 0 Å². The fourth-order valence-electron chi connectivity index (χ4n) is 3.82. The molecular formula is C19H18Cl2N4O4. The Labute approximate surface area is 174 Å². The van der Waals surface area contributed by atoms with E-state index in [-0.39, 0.29) is 12.5 Å². The van der Waals surface area contributed by atoms with Gasteiger partial charge in [-0.25, -0.2) is 9.78 Å². The Kier molecular flexibility index (Phi) is 4.78. The highest BCUT2D eigenvalue weighted by molar-refractivity contribution is 6.42. The highest BCUT2D eigenvalue weighted by Crippen LogP contribution is 2.41. The Bertz CT molecular complexity index is 1270. The van der Waals surface area contributed by atoms with Crippen LogP contribution in [0.3, 0.4) is 0 Å². The maximum Gasteiger partial charge on any atom is 0.332 e. The molecule has 1 aliphatic carbocycles. The lowest BCUT2D eigenvalue weighted by atomic mass is 9.74. The SMILES string of the molecule is Cn1c(C2CC(C(=O)O)C2)nc2c1c(=O)n(Cc1ccc(Cl)c(Cl)c1)c(=O)n2C. The quantitative estimate of drug-likeness (QED) is 0.676. The molecule has 0 radical (unpaired) electrons. The Balaban J connectivity index is 1.80. The second-order valence-electron chi connectivity index (χ2n) is 7.39. The number of hydrogen-bond donors (Lipinski definition) is 1. The van der Waals surface area contributed by atoms with Crippen LogP contribution in [0.2, 0.25) is 10.0 Å². The van der Waals surface area contributed by atoms with Crippen LogP contribution in [0.25, 0.3) is 11.2 Å². The van der Waals surface area contributed by atoms with Gasteiger partial charge in [-0.15, -0.1) is 0 Å². The number of carbonyl (C=O) groups is 1. The molecule has 3 aromatic rings. The number of imidazole rings is 1. The van der Waals surface area contributed by atoms with Crippen molar-refractivity contribution in [3.05, 3.63) is 60.5 Å². The van der Waals surface area contributed by atoms with Gasteiger partial charge in [0.05, 0.1) is 22.5 Å². The van der Waals surface area contributed by atoms with Crippen molar-refractivity contribution in [3.8, 4) is 0 Å². The zero-order valence-electron chi connectivity index (χ0n) is 15.7. The Morgan fingerprint density at radius 2 is 1.86 bits per heavy atom. The summed E-state index contributed by atoms with van der Waals surface area (Å²) < 4.78 is 4.14. The largest absolute Gasteiger partial charge is 0.481 e. The molecule has 1 fully saturated rings. The van der Waals surface area contributed by atoms with Gasteiger partial charge in [0.1, 0.15) is 5.82 Å². The molecule has 0 spiro atoms. The van der Waals surface area contributed by atoms with E-state index in [1.807, 2.05) is 0 Å². The van der Waals surface area contributed by atoms with Gasteiger partial charge >= 0.3 is 11.7 Å². The topological polar surface area (TPSA) is 99.1 Å². The summed E-state index contributed by atoms with van der Waals surface area (Å²) in [6.07, 6.45) is 0.940. The highest BCUT2D eigenvalue weighted by atomic mass is 35.5. The molecule has 0 saturated heterocycles. The van der Waals surface area contributed by atoms with Crippen LogP contribution in [-0.2, 0) is 25.4 Å². The van der Waals surface area contributed by atoms with Gasteiger partial charge < -0.3 is 9.67 Å². The Morgan fingerprint density at radius 1 is 1.17 bits per heavy atom. The van der Waals surface area contributed by atoms with E-state index in [0.29, 0.717) is 45.4 Å². The highest BCUT2D eigenvalue weighted by Gasteiger charge is 2.38. The second-order valence-corrected chi connectivity index (χ2v) is 8.20. The van der Waals surface area contributed by atoms with Crippen molar-refractivity contribution in [2.24, 2.45) is 20.0 Å². The number of carboxylic acids is 1. The molecule has 4 rings (SSSR count). The summed E-state index contributed by atoms with van der Waals surface area (Å²) in [6, 6.07) is 4.94. The van der Waals surface area contributed by atoms with Gasteiger partial charge in [0.2, 0.25) is 0 Å². The molecular weight excluding hydrogens is 419 g/mol. The number of carboxylic acid groups (broad SMARTS) is 1. The molecule has 2 heterocycles. The number of hydrogen-bond acceptors (Lipinski definition) is 4. The molecule has 10 heteroatoms. The van der Waals surface area contributed by atoms with Crippen LogP contribution in [-0.4, -0.2) is 29.8 Å². The zero-order chi connectivity index (χ0) is 21.0. The standard InChI is InChI=1S/C19H18Cl2N4O4/c1-23-14-16(22-15(23)10-6-11(7-10)18(27)28)24(2)19(29)25(17(14)26)8-9-3-4-12(20)13(21)5-9/h3-5,10-11H,6-8H2,1-2H3,(H,27,28). The van der Waals surface area contributed by atoms with E-state index in [0.717, 1.165) is 4.57 Å². The van der Waals surface area contributed by atoms with Gasteiger partial charge in [-0.1, -0.05) is 29.3 Å². The number of aromatic nitrogens is 4. The number of aryl methyl sites for hydroxylation is 2. The van der Waals surface area contributed by atoms with E-state index in [9.17, 15) is 14.4 Å². The lowest BCUT2D eigenvalue weighted by molar-refractivity contribution is -0.145. The maximum atomic E-state index is 13.1. The van der Waals surface area contributed by atoms with E-state index in [1.54, 1.807) is 36.9 Å². The fourth-order valence-corrected chi connectivity index (χ4v) is 4.14. The Hall–Kier alpha value is -2.58. The van der Waals surface area contributed by atoms with Crippen LogP contribution in [0.5, 0.6) is 0 Å².